The summed E-state index contributed by atoms with van der Waals surface area (Å²) >= 11 is 12.7. The number of halogens is 3. The maximum atomic E-state index is 14.1. The molecule has 2 aromatic carbocycles. The highest BCUT2D eigenvalue weighted by Gasteiger charge is 2.45. The Kier molecular flexibility index (Phi) is 8.71. The van der Waals surface area contributed by atoms with Crippen LogP contribution in [0.4, 0.5) is 10.1 Å². The number of nitrogens with zero attached hydrogens (tertiary/aromatic N) is 2. The number of primary amides is 1. The summed E-state index contributed by atoms with van der Waals surface area (Å²) in [6.45, 7) is 1.56. The smallest absolute Gasteiger partial charge is 0.237 e. The number of anilines is 1. The quantitative estimate of drug-likeness (QED) is 0.377. The minimum Gasteiger partial charge on any atom is -0.396 e. The van der Waals surface area contributed by atoms with Gasteiger partial charge in [0, 0.05) is 47.7 Å². The first-order chi connectivity index (χ1) is 19.2. The molecule has 2 unspecified atom stereocenters. The van der Waals surface area contributed by atoms with E-state index in [1.165, 1.54) is 25.0 Å². The molecule has 2 atom stereocenters. The molecule has 0 radical (unpaired) electrons. The molecule has 3 aliphatic rings. The molecule has 0 bridgehead atoms. The summed E-state index contributed by atoms with van der Waals surface area (Å²) in [5, 5.41) is 13.9. The van der Waals surface area contributed by atoms with E-state index in [0.29, 0.717) is 61.0 Å². The Morgan fingerprint density at radius 1 is 1.10 bits per heavy atom. The van der Waals surface area contributed by atoms with Gasteiger partial charge >= 0.3 is 0 Å². The van der Waals surface area contributed by atoms with Gasteiger partial charge < -0.3 is 26.0 Å². The zero-order chi connectivity index (χ0) is 28.4. The highest BCUT2D eigenvalue weighted by Crippen LogP contribution is 2.43. The zero-order valence-electron chi connectivity index (χ0n) is 22.3. The lowest BCUT2D eigenvalue weighted by molar-refractivity contribution is -0.139. The van der Waals surface area contributed by atoms with E-state index in [0.717, 1.165) is 12.2 Å². The van der Waals surface area contributed by atoms with Crippen molar-refractivity contribution >= 4 is 46.4 Å². The first kappa shape index (κ1) is 28.9. The molecule has 1 saturated carbocycles. The highest BCUT2D eigenvalue weighted by atomic mass is 35.5. The van der Waals surface area contributed by atoms with Crippen LogP contribution in [0.1, 0.15) is 44.1 Å². The van der Waals surface area contributed by atoms with E-state index in [1.807, 2.05) is 28.0 Å². The summed E-state index contributed by atoms with van der Waals surface area (Å²) in [6, 6.07) is 11.2. The van der Waals surface area contributed by atoms with E-state index in [4.69, 9.17) is 28.9 Å². The fourth-order valence-corrected chi connectivity index (χ4v) is 6.28. The molecular formula is C30H35Cl2FN4O3. The van der Waals surface area contributed by atoms with Gasteiger partial charge in [-0.3, -0.25) is 9.59 Å². The van der Waals surface area contributed by atoms with Crippen LogP contribution < -0.4 is 16.0 Å². The molecule has 214 valence electrons. The van der Waals surface area contributed by atoms with Gasteiger partial charge in [0.15, 0.2) is 0 Å². The second-order valence-electron chi connectivity index (χ2n) is 11.1. The summed E-state index contributed by atoms with van der Waals surface area (Å²) in [6.07, 6.45) is 6.18. The molecule has 40 heavy (non-hydrogen) atoms. The van der Waals surface area contributed by atoms with Crippen LogP contribution in [0.2, 0.25) is 10.0 Å². The van der Waals surface area contributed by atoms with Crippen molar-refractivity contribution in [3.05, 3.63) is 70.0 Å². The molecule has 5 rings (SSSR count). The van der Waals surface area contributed by atoms with Crippen LogP contribution in [-0.2, 0) is 9.59 Å². The summed E-state index contributed by atoms with van der Waals surface area (Å²) in [5.74, 6) is -0.822. The average molecular weight is 590 g/mol. The highest BCUT2D eigenvalue weighted by molar-refractivity contribution is 6.32. The number of nitrogens with two attached hydrogens (primary N) is 1. The largest absolute Gasteiger partial charge is 0.396 e. The van der Waals surface area contributed by atoms with Crippen molar-refractivity contribution in [2.24, 2.45) is 17.6 Å². The third kappa shape index (κ3) is 6.00. The molecule has 2 fully saturated rings. The number of benzene rings is 2. The first-order valence-electron chi connectivity index (χ1n) is 13.9. The summed E-state index contributed by atoms with van der Waals surface area (Å²) in [7, 11) is 0. The molecular weight excluding hydrogens is 554 g/mol. The normalized spacial score (nSPS) is 22.4. The van der Waals surface area contributed by atoms with Crippen LogP contribution >= 0.6 is 23.2 Å². The van der Waals surface area contributed by atoms with Crippen LogP contribution in [0.3, 0.4) is 0 Å². The van der Waals surface area contributed by atoms with Crippen molar-refractivity contribution in [2.75, 3.05) is 31.1 Å². The van der Waals surface area contributed by atoms with Crippen LogP contribution in [0.15, 0.2) is 48.5 Å². The maximum absolute atomic E-state index is 14.1. The number of rotatable bonds is 10. The molecule has 1 saturated heterocycles. The molecule has 0 aromatic heterocycles. The van der Waals surface area contributed by atoms with Crippen molar-refractivity contribution in [3.63, 3.8) is 0 Å². The van der Waals surface area contributed by atoms with Gasteiger partial charge in [-0.15, -0.1) is 0 Å². The minimum absolute atomic E-state index is 0.0178. The third-order valence-electron chi connectivity index (χ3n) is 8.42. The number of aliphatic hydroxyl groups is 1. The molecule has 10 heteroatoms. The average Bonchev–Trinajstić information content (AvgIpc) is 3.70. The van der Waals surface area contributed by atoms with Gasteiger partial charge in [0.25, 0.3) is 0 Å². The Morgan fingerprint density at radius 3 is 2.40 bits per heavy atom. The van der Waals surface area contributed by atoms with E-state index < -0.39 is 17.3 Å². The third-order valence-corrected chi connectivity index (χ3v) is 8.99. The number of carbonyl (C=O) groups excluding carboxylic acids is 2. The predicted octanol–water partition coefficient (Wildman–Crippen LogP) is 4.60. The van der Waals surface area contributed by atoms with E-state index in [2.05, 4.69) is 5.32 Å². The second kappa shape index (κ2) is 12.1. The monoisotopic (exact) mass is 588 g/mol. The zero-order valence-corrected chi connectivity index (χ0v) is 23.8. The van der Waals surface area contributed by atoms with Crippen molar-refractivity contribution in [3.8, 4) is 0 Å². The predicted molar refractivity (Wildman–Crippen MR) is 155 cm³/mol. The number of amides is 2. The number of nitrogens with one attached hydrogen (secondary N) is 1. The van der Waals surface area contributed by atoms with Crippen LogP contribution in [0, 0.1) is 17.7 Å². The lowest BCUT2D eigenvalue weighted by Gasteiger charge is -2.42. The number of likely N-dealkylation sites (tertiary alicyclic amines) is 1. The maximum Gasteiger partial charge on any atom is 0.237 e. The second-order valence-corrected chi connectivity index (χ2v) is 11.9. The van der Waals surface area contributed by atoms with Crippen molar-refractivity contribution < 1.29 is 19.1 Å². The molecule has 0 spiro atoms. The molecule has 2 heterocycles. The Bertz CT molecular complexity index is 1280. The topological polar surface area (TPSA) is 98.9 Å². The molecule has 1 aliphatic carbocycles. The molecule has 4 N–H and O–H groups in total. The van der Waals surface area contributed by atoms with Gasteiger partial charge in [0.05, 0.1) is 10.9 Å². The van der Waals surface area contributed by atoms with Gasteiger partial charge in [0.1, 0.15) is 11.4 Å². The lowest BCUT2D eigenvalue weighted by atomic mass is 9.85. The minimum atomic E-state index is -0.802. The Labute approximate surface area is 244 Å². The Balaban J connectivity index is 1.45. The molecule has 7 nitrogen and oxygen atoms in total. The fourth-order valence-electron chi connectivity index (χ4n) is 5.89. The summed E-state index contributed by atoms with van der Waals surface area (Å²) in [5.41, 5.74) is 7.15. The van der Waals surface area contributed by atoms with Gasteiger partial charge in [-0.05, 0) is 99.5 Å². The number of hydrogen-bond donors (Lipinski definition) is 3. The van der Waals surface area contributed by atoms with E-state index in [-0.39, 0.29) is 29.5 Å². The standard InChI is InChI=1S/C30H35Cl2FN4O3/c31-20-5-8-22(9-6-20)37-26(2-1-15-38)24(17-27(37)23-10-7-21(33)16-25(23)32)28(39)36-13-11-30(12-14-36,29(34)40)35-18-19-3-4-19/h5-10,16-17,19,24,26,35,38H,1-4,11-15,18H2,(H2,34,40). The van der Waals surface area contributed by atoms with Crippen molar-refractivity contribution in [1.29, 1.82) is 0 Å². The van der Waals surface area contributed by atoms with Gasteiger partial charge in [0.2, 0.25) is 11.8 Å². The molecule has 2 amide bonds. The number of carbonyl (C=O) groups is 2. The van der Waals surface area contributed by atoms with Crippen molar-refractivity contribution in [1.82, 2.24) is 10.2 Å². The summed E-state index contributed by atoms with van der Waals surface area (Å²) < 4.78 is 14.0. The number of hydrogen-bond acceptors (Lipinski definition) is 5. The molecule has 2 aromatic rings. The van der Waals surface area contributed by atoms with E-state index >= 15 is 0 Å². The van der Waals surface area contributed by atoms with Crippen LogP contribution in [0.5, 0.6) is 0 Å². The Hall–Kier alpha value is -2.65. The van der Waals surface area contributed by atoms with Gasteiger partial charge in [-0.2, -0.15) is 0 Å². The van der Waals surface area contributed by atoms with Gasteiger partial charge in [-0.1, -0.05) is 23.2 Å². The first-order valence-corrected chi connectivity index (χ1v) is 14.6. The molecule has 2 aliphatic heterocycles. The van der Waals surface area contributed by atoms with E-state index in [1.54, 1.807) is 18.2 Å². The number of piperidine rings is 1. The van der Waals surface area contributed by atoms with Crippen LogP contribution in [-0.4, -0.2) is 59.6 Å². The van der Waals surface area contributed by atoms with E-state index in [9.17, 15) is 19.1 Å². The lowest BCUT2D eigenvalue weighted by Crippen LogP contribution is -2.62. The number of aliphatic hydroxyl groups excluding tert-OH is 1. The van der Waals surface area contributed by atoms with Crippen molar-refractivity contribution in [2.45, 2.75) is 50.1 Å². The Morgan fingerprint density at radius 2 is 1.80 bits per heavy atom. The summed E-state index contributed by atoms with van der Waals surface area (Å²) in [4.78, 5) is 30.4. The fraction of sp³-hybridized carbons (Fsp3) is 0.467. The van der Waals surface area contributed by atoms with Gasteiger partial charge in [-0.25, -0.2) is 4.39 Å². The van der Waals surface area contributed by atoms with Crippen LogP contribution in [0.25, 0.3) is 5.70 Å². The SMILES string of the molecule is NC(=O)C1(NCC2CC2)CCN(C(=O)C2C=C(c3ccc(F)cc3Cl)N(c3ccc(Cl)cc3)C2CCCO)CC1.